The van der Waals surface area contributed by atoms with Crippen molar-refractivity contribution in [3.63, 3.8) is 0 Å². The molecule has 6 heteroatoms. The van der Waals surface area contributed by atoms with Crippen molar-refractivity contribution in [2.24, 2.45) is 0 Å². The number of nitrogens with one attached hydrogen (secondary N) is 2. The van der Waals surface area contributed by atoms with E-state index >= 15 is 0 Å². The molecule has 1 unspecified atom stereocenters. The largest absolute Gasteiger partial charge is 0.356 e. The van der Waals surface area contributed by atoms with E-state index in [-0.39, 0.29) is 11.9 Å². The molecule has 4 nitrogen and oxygen atoms in total. The van der Waals surface area contributed by atoms with Gasteiger partial charge in [-0.05, 0) is 69.3 Å². The Morgan fingerprint density at radius 2 is 1.90 bits per heavy atom. The van der Waals surface area contributed by atoms with Crippen molar-refractivity contribution in [2.75, 3.05) is 20.1 Å². The molecule has 158 valence electrons. The minimum Gasteiger partial charge on any atom is -0.356 e. The van der Waals surface area contributed by atoms with Crippen LogP contribution in [0.3, 0.4) is 0 Å². The van der Waals surface area contributed by atoms with Crippen molar-refractivity contribution in [3.8, 4) is 0 Å². The summed E-state index contributed by atoms with van der Waals surface area (Å²) in [7, 11) is 1.90. The molecule has 1 aromatic heterocycles. The highest BCUT2D eigenvalue weighted by atomic mass is 35.5. The maximum Gasteiger partial charge on any atom is 0.254 e. The molecule has 0 bridgehead atoms. The highest BCUT2D eigenvalue weighted by Crippen LogP contribution is 2.36. The van der Waals surface area contributed by atoms with Crippen LogP contribution < -0.4 is 5.32 Å². The summed E-state index contributed by atoms with van der Waals surface area (Å²) >= 11 is 12.3. The summed E-state index contributed by atoms with van der Waals surface area (Å²) in [5.74, 6) is -0.00455. The average Bonchev–Trinajstić information content (AvgIpc) is 3.12. The van der Waals surface area contributed by atoms with Gasteiger partial charge in [-0.1, -0.05) is 41.4 Å². The minimum atomic E-state index is -0.0681. The van der Waals surface area contributed by atoms with Gasteiger partial charge in [0.05, 0.1) is 6.04 Å². The number of hydrogen-bond donors (Lipinski definition) is 2. The Hall–Kier alpha value is -2.27. The van der Waals surface area contributed by atoms with Crippen LogP contribution in [0.4, 0.5) is 0 Å². The standard InChI is InChI=1S/C20H19Cl2N3O.C4H8/c1-23-11-18-19-15(16-10-14(22)5-6-17(16)24-19)7-8-25(18)20(26)12-3-2-4-13(21)9-12;1-3-4-2/h2-6,9-10,18,23-24H,7-8,11H2,1H3;3-4H,1-2H3/b;4-3-. The first-order valence-corrected chi connectivity index (χ1v) is 10.8. The number of benzene rings is 2. The van der Waals surface area contributed by atoms with E-state index in [0.29, 0.717) is 23.7 Å². The van der Waals surface area contributed by atoms with Crippen molar-refractivity contribution < 1.29 is 4.79 Å². The number of allylic oxidation sites excluding steroid dienone is 2. The molecule has 0 spiro atoms. The number of carbonyl (C=O) groups is 1. The van der Waals surface area contributed by atoms with Crippen molar-refractivity contribution in [2.45, 2.75) is 26.3 Å². The summed E-state index contributed by atoms with van der Waals surface area (Å²) in [6, 6.07) is 12.9. The number of likely N-dealkylation sites (N-methyl/N-ethyl adjacent to an activating group) is 1. The fraction of sp³-hybridized carbons (Fsp3) is 0.292. The predicted octanol–water partition coefficient (Wildman–Crippen LogP) is 6.02. The molecule has 4 rings (SSSR count). The second kappa shape index (κ2) is 10.2. The first-order chi connectivity index (χ1) is 14.5. The zero-order valence-electron chi connectivity index (χ0n) is 17.5. The lowest BCUT2D eigenvalue weighted by Gasteiger charge is -2.36. The summed E-state index contributed by atoms with van der Waals surface area (Å²) in [5, 5.41) is 5.65. The van der Waals surface area contributed by atoms with Gasteiger partial charge in [-0.15, -0.1) is 0 Å². The van der Waals surface area contributed by atoms with E-state index in [9.17, 15) is 4.79 Å². The van der Waals surface area contributed by atoms with Crippen LogP contribution >= 0.6 is 23.2 Å². The fourth-order valence-corrected chi connectivity index (χ4v) is 4.14. The molecule has 0 fully saturated rings. The van der Waals surface area contributed by atoms with E-state index < -0.39 is 0 Å². The molecule has 0 saturated heterocycles. The number of H-pyrrole nitrogens is 1. The summed E-state index contributed by atoms with van der Waals surface area (Å²) in [6.45, 7) is 5.32. The maximum atomic E-state index is 13.1. The number of hydrogen-bond acceptors (Lipinski definition) is 2. The lowest BCUT2D eigenvalue weighted by atomic mass is 9.96. The predicted molar refractivity (Wildman–Crippen MR) is 127 cm³/mol. The van der Waals surface area contributed by atoms with Crippen LogP contribution in [-0.2, 0) is 6.42 Å². The number of halogens is 2. The summed E-state index contributed by atoms with van der Waals surface area (Å²) in [5.41, 5.74) is 4.00. The van der Waals surface area contributed by atoms with E-state index in [2.05, 4.69) is 10.3 Å². The van der Waals surface area contributed by atoms with Gasteiger partial charge in [0.15, 0.2) is 0 Å². The van der Waals surface area contributed by atoms with Gasteiger partial charge in [0, 0.05) is 45.3 Å². The van der Waals surface area contributed by atoms with Crippen molar-refractivity contribution in [1.82, 2.24) is 15.2 Å². The van der Waals surface area contributed by atoms with E-state index in [1.165, 1.54) is 5.56 Å². The fourth-order valence-electron chi connectivity index (χ4n) is 3.77. The highest BCUT2D eigenvalue weighted by Gasteiger charge is 2.33. The Balaban J connectivity index is 0.000000589. The highest BCUT2D eigenvalue weighted by molar-refractivity contribution is 6.31. The van der Waals surface area contributed by atoms with Gasteiger partial charge in [-0.3, -0.25) is 4.79 Å². The molecular weight excluding hydrogens is 417 g/mol. The molecule has 1 amide bonds. The molecule has 0 radical (unpaired) electrons. The van der Waals surface area contributed by atoms with Crippen molar-refractivity contribution in [1.29, 1.82) is 0 Å². The van der Waals surface area contributed by atoms with E-state index in [1.54, 1.807) is 12.1 Å². The van der Waals surface area contributed by atoms with Gasteiger partial charge < -0.3 is 15.2 Å². The van der Waals surface area contributed by atoms with Gasteiger partial charge in [0.25, 0.3) is 5.91 Å². The molecule has 0 aliphatic carbocycles. The topological polar surface area (TPSA) is 48.1 Å². The second-order valence-corrected chi connectivity index (χ2v) is 8.08. The molecule has 30 heavy (non-hydrogen) atoms. The number of fused-ring (bicyclic) bond motifs is 3. The zero-order chi connectivity index (χ0) is 21.7. The Kier molecular flexibility index (Phi) is 7.59. The van der Waals surface area contributed by atoms with Crippen LogP contribution in [0.25, 0.3) is 10.9 Å². The van der Waals surface area contributed by atoms with Gasteiger partial charge >= 0.3 is 0 Å². The molecule has 2 aromatic carbocycles. The monoisotopic (exact) mass is 443 g/mol. The van der Waals surface area contributed by atoms with Crippen LogP contribution in [0.15, 0.2) is 54.6 Å². The quantitative estimate of drug-likeness (QED) is 0.486. The Morgan fingerprint density at radius 3 is 2.57 bits per heavy atom. The second-order valence-electron chi connectivity index (χ2n) is 7.21. The smallest absolute Gasteiger partial charge is 0.254 e. The Morgan fingerprint density at radius 1 is 1.17 bits per heavy atom. The number of aromatic amines is 1. The summed E-state index contributed by atoms with van der Waals surface area (Å²) < 4.78 is 0. The number of rotatable bonds is 3. The normalized spacial score (nSPS) is 15.8. The SMILES string of the molecule is C/C=C\C.CNCC1c2[nH]c3ccc(Cl)cc3c2CCN1C(=O)c1cccc(Cl)c1. The third-order valence-corrected chi connectivity index (χ3v) is 5.75. The van der Waals surface area contributed by atoms with Gasteiger partial charge in [0.1, 0.15) is 0 Å². The zero-order valence-corrected chi connectivity index (χ0v) is 19.0. The average molecular weight is 444 g/mol. The van der Waals surface area contributed by atoms with Crippen LogP contribution in [0, 0.1) is 0 Å². The van der Waals surface area contributed by atoms with Crippen LogP contribution in [0.5, 0.6) is 0 Å². The lowest BCUT2D eigenvalue weighted by Crippen LogP contribution is -2.43. The third kappa shape index (κ3) is 4.72. The van der Waals surface area contributed by atoms with Gasteiger partial charge in [-0.25, -0.2) is 0 Å². The molecule has 2 N–H and O–H groups in total. The van der Waals surface area contributed by atoms with E-state index in [1.807, 2.05) is 68.3 Å². The van der Waals surface area contributed by atoms with Crippen LogP contribution in [-0.4, -0.2) is 35.9 Å². The van der Waals surface area contributed by atoms with Crippen LogP contribution in [0.1, 0.15) is 41.5 Å². The van der Waals surface area contributed by atoms with E-state index in [4.69, 9.17) is 23.2 Å². The van der Waals surface area contributed by atoms with Crippen LogP contribution in [0.2, 0.25) is 10.0 Å². The summed E-state index contributed by atoms with van der Waals surface area (Å²) in [6.07, 6.45) is 4.79. The first kappa shape index (κ1) is 22.4. The number of carbonyl (C=O) groups excluding carboxylic acids is 1. The summed E-state index contributed by atoms with van der Waals surface area (Å²) in [4.78, 5) is 18.5. The minimum absolute atomic E-state index is 0.00455. The van der Waals surface area contributed by atoms with Crippen molar-refractivity contribution >= 4 is 40.0 Å². The molecule has 1 aliphatic heterocycles. The molecule has 0 saturated carbocycles. The molecule has 1 atom stereocenters. The molecule has 3 aromatic rings. The van der Waals surface area contributed by atoms with Crippen molar-refractivity contribution in [3.05, 3.63) is 81.5 Å². The van der Waals surface area contributed by atoms with Gasteiger partial charge in [-0.2, -0.15) is 0 Å². The number of amides is 1. The first-order valence-electron chi connectivity index (χ1n) is 10.1. The molecular formula is C24H27Cl2N3O. The third-order valence-electron chi connectivity index (χ3n) is 5.28. The Labute approximate surface area is 187 Å². The number of nitrogens with zero attached hydrogens (tertiary/aromatic N) is 1. The Bertz CT molecular complexity index is 1050. The molecule has 2 heterocycles. The van der Waals surface area contributed by atoms with Gasteiger partial charge in [0.2, 0.25) is 0 Å². The molecule has 1 aliphatic rings. The maximum absolute atomic E-state index is 13.1. The number of aromatic nitrogens is 1. The van der Waals surface area contributed by atoms with E-state index in [0.717, 1.165) is 28.0 Å². The lowest BCUT2D eigenvalue weighted by molar-refractivity contribution is 0.0657.